The Kier molecular flexibility index (Phi) is 4.15. The van der Waals surface area contributed by atoms with Crippen molar-refractivity contribution in [3.05, 3.63) is 0 Å². The van der Waals surface area contributed by atoms with Gasteiger partial charge in [0, 0.05) is 19.1 Å². The van der Waals surface area contributed by atoms with E-state index < -0.39 is 11.7 Å². The molecule has 94 valence electrons. The quantitative estimate of drug-likeness (QED) is 0.730. The van der Waals surface area contributed by atoms with Gasteiger partial charge in [0.15, 0.2) is 0 Å². The van der Waals surface area contributed by atoms with Crippen molar-refractivity contribution in [1.82, 2.24) is 4.90 Å². The Balaban J connectivity index is 2.61. The number of hydrogen-bond donors (Lipinski definition) is 2. The molecule has 1 rings (SSSR count). The zero-order chi connectivity index (χ0) is 12.3. The third-order valence-electron chi connectivity index (χ3n) is 2.60. The summed E-state index contributed by atoms with van der Waals surface area (Å²) in [4.78, 5) is 13.3. The third-order valence-corrected chi connectivity index (χ3v) is 2.60. The summed E-state index contributed by atoms with van der Waals surface area (Å²) in [6.45, 7) is 5.82. The van der Waals surface area contributed by atoms with Crippen molar-refractivity contribution < 1.29 is 19.7 Å². The molecule has 0 spiro atoms. The first-order valence-corrected chi connectivity index (χ1v) is 5.58. The molecule has 1 amide bonds. The Morgan fingerprint density at radius 3 is 2.44 bits per heavy atom. The van der Waals surface area contributed by atoms with E-state index in [-0.39, 0.29) is 25.2 Å². The molecule has 1 heterocycles. The second-order valence-electron chi connectivity index (χ2n) is 5.25. The van der Waals surface area contributed by atoms with E-state index in [4.69, 9.17) is 14.9 Å². The van der Waals surface area contributed by atoms with Gasteiger partial charge in [-0.15, -0.1) is 0 Å². The maximum Gasteiger partial charge on any atom is 0.410 e. The lowest BCUT2D eigenvalue weighted by Crippen LogP contribution is -2.41. The van der Waals surface area contributed by atoms with Crippen LogP contribution in [0.5, 0.6) is 0 Å². The number of nitrogens with zero attached hydrogens (tertiary/aromatic N) is 1. The van der Waals surface area contributed by atoms with Crippen LogP contribution < -0.4 is 0 Å². The van der Waals surface area contributed by atoms with Crippen LogP contribution in [0.15, 0.2) is 0 Å². The van der Waals surface area contributed by atoms with Gasteiger partial charge in [-0.1, -0.05) is 0 Å². The van der Waals surface area contributed by atoms with Crippen LogP contribution in [0.1, 0.15) is 27.2 Å². The van der Waals surface area contributed by atoms with E-state index in [1.165, 1.54) is 4.90 Å². The first-order valence-electron chi connectivity index (χ1n) is 5.58. The van der Waals surface area contributed by atoms with Crippen LogP contribution in [0, 0.1) is 5.92 Å². The molecule has 0 aromatic heterocycles. The van der Waals surface area contributed by atoms with E-state index in [0.717, 1.165) is 0 Å². The predicted molar refractivity (Wildman–Crippen MR) is 59.0 cm³/mol. The van der Waals surface area contributed by atoms with E-state index in [1.54, 1.807) is 20.8 Å². The Hall–Kier alpha value is -0.810. The second kappa shape index (κ2) is 5.01. The first kappa shape index (κ1) is 13.3. The van der Waals surface area contributed by atoms with E-state index in [1.807, 2.05) is 0 Å². The zero-order valence-corrected chi connectivity index (χ0v) is 10.1. The van der Waals surface area contributed by atoms with Crippen LogP contribution in [0.3, 0.4) is 0 Å². The van der Waals surface area contributed by atoms with Crippen molar-refractivity contribution in [2.24, 2.45) is 5.92 Å². The number of likely N-dealkylation sites (tertiary alicyclic amines) is 1. The number of carbonyl (C=O) groups is 1. The molecule has 16 heavy (non-hydrogen) atoms. The Morgan fingerprint density at radius 2 is 2.00 bits per heavy atom. The van der Waals surface area contributed by atoms with E-state index in [0.29, 0.717) is 13.0 Å². The van der Waals surface area contributed by atoms with Crippen molar-refractivity contribution >= 4 is 6.09 Å². The average Bonchev–Trinajstić information content (AvgIpc) is 2.58. The minimum Gasteiger partial charge on any atom is -0.444 e. The Bertz CT molecular complexity index is 249. The summed E-state index contributed by atoms with van der Waals surface area (Å²) in [6, 6.07) is -0.230. The fraction of sp³-hybridized carbons (Fsp3) is 0.909. The molecule has 1 aliphatic heterocycles. The molecule has 0 aliphatic carbocycles. The highest BCUT2D eigenvalue weighted by molar-refractivity contribution is 5.69. The van der Waals surface area contributed by atoms with Crippen LogP contribution in [-0.4, -0.2) is 52.6 Å². The number of aliphatic hydroxyl groups is 2. The molecule has 5 heteroatoms. The van der Waals surface area contributed by atoms with Crippen molar-refractivity contribution in [3.8, 4) is 0 Å². The highest BCUT2D eigenvalue weighted by atomic mass is 16.6. The summed E-state index contributed by atoms with van der Waals surface area (Å²) in [6.07, 6.45) is 0.217. The minimum absolute atomic E-state index is 0.0375. The van der Waals surface area contributed by atoms with E-state index in [2.05, 4.69) is 0 Å². The van der Waals surface area contributed by atoms with Gasteiger partial charge >= 0.3 is 6.09 Å². The van der Waals surface area contributed by atoms with Crippen molar-refractivity contribution in [3.63, 3.8) is 0 Å². The molecular weight excluding hydrogens is 210 g/mol. The normalized spacial score (nSPS) is 25.9. The number of carbonyl (C=O) groups excluding carboxylic acids is 1. The molecule has 1 fully saturated rings. The molecule has 2 N–H and O–H groups in total. The number of amides is 1. The average molecular weight is 231 g/mol. The molecule has 0 bridgehead atoms. The molecule has 0 aromatic carbocycles. The molecule has 2 atom stereocenters. The summed E-state index contributed by atoms with van der Waals surface area (Å²) in [5.74, 6) is 0.0460. The van der Waals surface area contributed by atoms with Crippen LogP contribution in [-0.2, 0) is 4.74 Å². The van der Waals surface area contributed by atoms with Crippen LogP contribution in [0.25, 0.3) is 0 Å². The first-order chi connectivity index (χ1) is 7.37. The van der Waals surface area contributed by atoms with Gasteiger partial charge in [-0.05, 0) is 27.2 Å². The molecule has 1 aliphatic rings. The lowest BCUT2D eigenvalue weighted by Gasteiger charge is -2.27. The number of ether oxygens (including phenoxy) is 1. The number of hydrogen-bond acceptors (Lipinski definition) is 4. The second-order valence-corrected chi connectivity index (χ2v) is 5.25. The monoisotopic (exact) mass is 231 g/mol. The highest BCUT2D eigenvalue weighted by Crippen LogP contribution is 2.24. The van der Waals surface area contributed by atoms with Gasteiger partial charge in [0.05, 0.1) is 12.6 Å². The summed E-state index contributed by atoms with van der Waals surface area (Å²) < 4.78 is 5.24. The fourth-order valence-electron chi connectivity index (χ4n) is 1.86. The molecule has 1 saturated heterocycles. The predicted octanol–water partition coefficient (Wildman–Crippen LogP) is 0.597. The zero-order valence-electron chi connectivity index (χ0n) is 10.1. The van der Waals surface area contributed by atoms with Crippen LogP contribution in [0.2, 0.25) is 0 Å². The van der Waals surface area contributed by atoms with Gasteiger partial charge in [0.25, 0.3) is 0 Å². The van der Waals surface area contributed by atoms with Crippen molar-refractivity contribution in [2.45, 2.75) is 38.8 Å². The Morgan fingerprint density at radius 1 is 1.38 bits per heavy atom. The molecular formula is C11H21NO4. The van der Waals surface area contributed by atoms with Crippen LogP contribution in [0.4, 0.5) is 4.79 Å². The highest BCUT2D eigenvalue weighted by Gasteiger charge is 2.36. The number of rotatable bonds is 2. The molecule has 0 aromatic rings. The maximum absolute atomic E-state index is 11.8. The van der Waals surface area contributed by atoms with Gasteiger partial charge in [-0.3, -0.25) is 0 Å². The number of aliphatic hydroxyl groups excluding tert-OH is 2. The standard InChI is InChI=1S/C11H21NO4/c1-11(2,3)16-10(15)12-5-8(6-13)4-9(12)7-14/h8-9,13-14H,4-7H2,1-3H3. The van der Waals surface area contributed by atoms with Crippen molar-refractivity contribution in [1.29, 1.82) is 0 Å². The fourth-order valence-corrected chi connectivity index (χ4v) is 1.86. The summed E-state index contributed by atoms with van der Waals surface area (Å²) in [5.41, 5.74) is -0.533. The van der Waals surface area contributed by atoms with Crippen molar-refractivity contribution in [2.75, 3.05) is 19.8 Å². The van der Waals surface area contributed by atoms with Gasteiger partial charge < -0.3 is 19.8 Å². The minimum atomic E-state index is -0.533. The van der Waals surface area contributed by atoms with E-state index >= 15 is 0 Å². The summed E-state index contributed by atoms with van der Waals surface area (Å²) >= 11 is 0. The molecule has 5 nitrogen and oxygen atoms in total. The van der Waals surface area contributed by atoms with E-state index in [9.17, 15) is 4.79 Å². The van der Waals surface area contributed by atoms with Crippen LogP contribution >= 0.6 is 0 Å². The largest absolute Gasteiger partial charge is 0.444 e. The Labute approximate surface area is 96.0 Å². The maximum atomic E-state index is 11.8. The van der Waals surface area contributed by atoms with Gasteiger partial charge in [0.2, 0.25) is 0 Å². The molecule has 0 radical (unpaired) electrons. The summed E-state index contributed by atoms with van der Waals surface area (Å²) in [5, 5.41) is 18.2. The topological polar surface area (TPSA) is 70.0 Å². The smallest absolute Gasteiger partial charge is 0.410 e. The SMILES string of the molecule is CC(C)(C)OC(=O)N1CC(CO)CC1CO. The van der Waals surface area contributed by atoms with Gasteiger partial charge in [0.1, 0.15) is 5.60 Å². The third kappa shape index (κ3) is 3.35. The molecule has 2 unspecified atom stereocenters. The lowest BCUT2D eigenvalue weighted by molar-refractivity contribution is 0.0170. The summed E-state index contributed by atoms with van der Waals surface area (Å²) in [7, 11) is 0. The van der Waals surface area contributed by atoms with Gasteiger partial charge in [-0.25, -0.2) is 4.79 Å². The lowest BCUT2D eigenvalue weighted by atomic mass is 10.1. The molecule has 0 saturated carbocycles. The van der Waals surface area contributed by atoms with Gasteiger partial charge in [-0.2, -0.15) is 0 Å².